The van der Waals surface area contributed by atoms with Crippen molar-refractivity contribution in [2.45, 2.75) is 25.7 Å². The van der Waals surface area contributed by atoms with Crippen molar-refractivity contribution in [1.82, 2.24) is 24.8 Å². The first kappa shape index (κ1) is 16.0. The van der Waals surface area contributed by atoms with E-state index in [2.05, 4.69) is 37.4 Å². The van der Waals surface area contributed by atoms with E-state index in [1.165, 1.54) is 6.33 Å². The van der Waals surface area contributed by atoms with E-state index in [1.807, 2.05) is 9.42 Å². The first-order chi connectivity index (χ1) is 11.1. The van der Waals surface area contributed by atoms with Gasteiger partial charge in [0.2, 0.25) is 0 Å². The van der Waals surface area contributed by atoms with Crippen LogP contribution in [-0.4, -0.2) is 45.7 Å². The number of urea groups is 1. The van der Waals surface area contributed by atoms with Gasteiger partial charge in [-0.3, -0.25) is 0 Å². The second-order valence-corrected chi connectivity index (χ2v) is 6.77. The number of nitrogens with two attached hydrogens (primary N) is 1. The summed E-state index contributed by atoms with van der Waals surface area (Å²) in [6.45, 7) is 1.66. The number of anilines is 1. The summed E-state index contributed by atoms with van der Waals surface area (Å²) in [7, 11) is 1.68. The highest BCUT2D eigenvalue weighted by Crippen LogP contribution is 2.28. The Morgan fingerprint density at radius 2 is 2.22 bits per heavy atom. The summed E-state index contributed by atoms with van der Waals surface area (Å²) in [5.41, 5.74) is 7.89. The number of carbonyl (C=O) groups is 1. The molecule has 2 aromatic rings. The first-order valence-electron chi connectivity index (χ1n) is 7.83. The van der Waals surface area contributed by atoms with Gasteiger partial charge < -0.3 is 16.0 Å². The van der Waals surface area contributed by atoms with E-state index in [0.29, 0.717) is 11.7 Å². The van der Waals surface area contributed by atoms with Gasteiger partial charge in [-0.15, -0.1) is 0 Å². The number of amides is 2. The summed E-state index contributed by atoms with van der Waals surface area (Å²) in [5, 5.41) is 7.00. The van der Waals surface area contributed by atoms with Crippen LogP contribution in [0.15, 0.2) is 16.9 Å². The van der Waals surface area contributed by atoms with Gasteiger partial charge in [0.25, 0.3) is 0 Å². The molecule has 23 heavy (non-hydrogen) atoms. The molecule has 8 heteroatoms. The number of fused-ring (bicyclic) bond motifs is 1. The van der Waals surface area contributed by atoms with Crippen LogP contribution in [0.1, 0.15) is 25.0 Å². The molecule has 1 aliphatic rings. The van der Waals surface area contributed by atoms with E-state index in [9.17, 15) is 4.79 Å². The number of carbonyl (C=O) groups excluding carboxylic acids is 1. The monoisotopic (exact) mass is 380 g/mol. The van der Waals surface area contributed by atoms with Gasteiger partial charge in [0, 0.05) is 30.3 Å². The van der Waals surface area contributed by atoms with Crippen LogP contribution in [0.25, 0.3) is 5.52 Å². The lowest BCUT2D eigenvalue weighted by atomic mass is 9.92. The first-order valence-corrected chi connectivity index (χ1v) is 8.62. The van der Waals surface area contributed by atoms with Crippen molar-refractivity contribution in [3.63, 3.8) is 0 Å². The number of hydrogen-bond acceptors (Lipinski definition) is 4. The summed E-state index contributed by atoms with van der Waals surface area (Å²) in [5.74, 6) is 1.12. The molecule has 0 aromatic carbocycles. The van der Waals surface area contributed by atoms with E-state index in [0.717, 1.165) is 54.5 Å². The summed E-state index contributed by atoms with van der Waals surface area (Å²) < 4.78 is 2.80. The van der Waals surface area contributed by atoms with Crippen molar-refractivity contribution in [2.24, 2.45) is 5.92 Å². The highest BCUT2D eigenvalue weighted by atomic mass is 79.9. The minimum Gasteiger partial charge on any atom is -0.382 e. The topological polar surface area (TPSA) is 88.5 Å². The van der Waals surface area contributed by atoms with Crippen LogP contribution in [-0.2, 0) is 6.42 Å². The number of rotatable bonds is 3. The Balaban J connectivity index is 1.62. The Labute approximate surface area is 143 Å². The lowest BCUT2D eigenvalue weighted by Crippen LogP contribution is -2.43. The van der Waals surface area contributed by atoms with Gasteiger partial charge in [-0.2, -0.15) is 5.10 Å². The normalized spacial score (nSPS) is 16.0. The molecular weight excluding hydrogens is 360 g/mol. The zero-order chi connectivity index (χ0) is 16.4. The highest BCUT2D eigenvalue weighted by Gasteiger charge is 2.22. The van der Waals surface area contributed by atoms with Gasteiger partial charge >= 0.3 is 6.03 Å². The van der Waals surface area contributed by atoms with Crippen molar-refractivity contribution in [2.75, 3.05) is 25.9 Å². The van der Waals surface area contributed by atoms with Crippen LogP contribution in [0.4, 0.5) is 10.6 Å². The average Bonchev–Trinajstić information content (AvgIpc) is 2.90. The maximum atomic E-state index is 11.6. The van der Waals surface area contributed by atoms with Crippen LogP contribution in [0.5, 0.6) is 0 Å². The van der Waals surface area contributed by atoms with Crippen LogP contribution >= 0.6 is 15.9 Å². The van der Waals surface area contributed by atoms with E-state index in [4.69, 9.17) is 5.73 Å². The molecule has 0 bridgehead atoms. The van der Waals surface area contributed by atoms with Crippen LogP contribution < -0.4 is 11.1 Å². The van der Waals surface area contributed by atoms with Crippen molar-refractivity contribution < 1.29 is 4.79 Å². The smallest absolute Gasteiger partial charge is 0.317 e. The lowest BCUT2D eigenvalue weighted by molar-refractivity contribution is 0.170. The van der Waals surface area contributed by atoms with E-state index in [-0.39, 0.29) is 6.03 Å². The third kappa shape index (κ3) is 3.26. The summed E-state index contributed by atoms with van der Waals surface area (Å²) >= 11 is 3.53. The zero-order valence-corrected chi connectivity index (χ0v) is 14.7. The summed E-state index contributed by atoms with van der Waals surface area (Å²) in [6, 6.07) is 2.09. The molecule has 3 rings (SSSR count). The molecule has 0 spiro atoms. The summed E-state index contributed by atoms with van der Waals surface area (Å²) in [6.07, 6.45) is 5.61. The van der Waals surface area contributed by atoms with Crippen molar-refractivity contribution in [1.29, 1.82) is 0 Å². The molecule has 2 amide bonds. The highest BCUT2D eigenvalue weighted by molar-refractivity contribution is 9.10. The molecule has 0 aliphatic carbocycles. The van der Waals surface area contributed by atoms with E-state index in [1.54, 1.807) is 7.05 Å². The fourth-order valence-corrected chi connectivity index (χ4v) is 3.83. The second-order valence-electron chi connectivity index (χ2n) is 5.91. The fourth-order valence-electron chi connectivity index (χ4n) is 3.20. The van der Waals surface area contributed by atoms with Gasteiger partial charge in [0.05, 0.1) is 0 Å². The van der Waals surface area contributed by atoms with Crippen molar-refractivity contribution in [3.05, 3.63) is 22.6 Å². The third-order valence-corrected chi connectivity index (χ3v) is 5.14. The predicted molar refractivity (Wildman–Crippen MR) is 92.2 cm³/mol. The molecule has 3 heterocycles. The van der Waals surface area contributed by atoms with Gasteiger partial charge in [0.1, 0.15) is 11.8 Å². The Kier molecular flexibility index (Phi) is 4.70. The van der Waals surface area contributed by atoms with Crippen molar-refractivity contribution >= 4 is 33.3 Å². The quantitative estimate of drug-likeness (QED) is 0.852. The number of likely N-dealkylation sites (tertiary alicyclic amines) is 1. The number of nitrogens with zero attached hydrogens (tertiary/aromatic N) is 4. The Morgan fingerprint density at radius 1 is 1.48 bits per heavy atom. The predicted octanol–water partition coefficient (Wildman–Crippen LogP) is 2.06. The molecule has 124 valence electrons. The van der Waals surface area contributed by atoms with Crippen LogP contribution in [0.2, 0.25) is 0 Å². The van der Waals surface area contributed by atoms with Gasteiger partial charge in [-0.05, 0) is 53.6 Å². The molecular formula is C15H21BrN6O. The van der Waals surface area contributed by atoms with E-state index < -0.39 is 0 Å². The number of nitrogen functional groups attached to an aromatic ring is 1. The second kappa shape index (κ2) is 6.74. The molecule has 3 N–H and O–H groups in total. The summed E-state index contributed by atoms with van der Waals surface area (Å²) in [4.78, 5) is 17.5. The fraction of sp³-hybridized carbons (Fsp3) is 0.533. The third-order valence-electron chi connectivity index (χ3n) is 4.53. The molecule has 0 atom stereocenters. The Bertz CT molecular complexity index is 707. The van der Waals surface area contributed by atoms with Crippen molar-refractivity contribution in [3.8, 4) is 0 Å². The minimum absolute atomic E-state index is 0.0251. The Morgan fingerprint density at radius 3 is 2.91 bits per heavy atom. The number of aromatic nitrogens is 3. The maximum absolute atomic E-state index is 11.6. The standard InChI is InChI=1S/C15H21BrN6O/c1-18-15(23)21-6-4-10(5-7-21)2-3-11-8-12(16)13-14(17)19-9-20-22(11)13/h8-10H,2-7H2,1H3,(H,18,23)(H2,17,19,20). The molecule has 1 fully saturated rings. The zero-order valence-electron chi connectivity index (χ0n) is 13.1. The van der Waals surface area contributed by atoms with Crippen LogP contribution in [0, 0.1) is 5.92 Å². The molecule has 0 saturated carbocycles. The van der Waals surface area contributed by atoms with Gasteiger partial charge in [-0.25, -0.2) is 14.3 Å². The van der Waals surface area contributed by atoms with Gasteiger partial charge in [-0.1, -0.05) is 0 Å². The molecule has 1 aliphatic heterocycles. The molecule has 7 nitrogen and oxygen atoms in total. The van der Waals surface area contributed by atoms with Crippen LogP contribution in [0.3, 0.4) is 0 Å². The minimum atomic E-state index is 0.0251. The maximum Gasteiger partial charge on any atom is 0.317 e. The number of hydrogen-bond donors (Lipinski definition) is 2. The number of nitrogens with one attached hydrogen (secondary N) is 1. The van der Waals surface area contributed by atoms with E-state index >= 15 is 0 Å². The number of piperidine rings is 1. The number of aryl methyl sites for hydroxylation is 1. The number of halogens is 1. The SMILES string of the molecule is CNC(=O)N1CCC(CCc2cc(Br)c3c(N)ncnn23)CC1. The molecule has 0 unspecified atom stereocenters. The Hall–Kier alpha value is -1.83. The van der Waals surface area contributed by atoms with Gasteiger partial charge in [0.15, 0.2) is 5.82 Å². The molecule has 1 saturated heterocycles. The largest absolute Gasteiger partial charge is 0.382 e. The average molecular weight is 381 g/mol. The molecule has 2 aromatic heterocycles. The lowest BCUT2D eigenvalue weighted by Gasteiger charge is -2.31. The molecule has 0 radical (unpaired) electrons.